The van der Waals surface area contributed by atoms with Gasteiger partial charge in [-0.25, -0.2) is 0 Å². The zero-order valence-electron chi connectivity index (χ0n) is 12.5. The fraction of sp³-hybridized carbons (Fsp3) is 0.529. The molecular formula is C17H22N2O2. The third-order valence-corrected chi connectivity index (χ3v) is 3.81. The molecule has 1 aromatic rings. The first-order valence-electron chi connectivity index (χ1n) is 7.62. The predicted molar refractivity (Wildman–Crippen MR) is 81.8 cm³/mol. The Hall–Kier alpha value is -1.86. The molecule has 1 unspecified atom stereocenters. The maximum Gasteiger partial charge on any atom is 0.255 e. The number of hydrogen-bond donors (Lipinski definition) is 1. The lowest BCUT2D eigenvalue weighted by atomic mass is 9.97. The van der Waals surface area contributed by atoms with Gasteiger partial charge in [-0.2, -0.15) is 0 Å². The van der Waals surface area contributed by atoms with Crippen LogP contribution in [0.1, 0.15) is 54.9 Å². The molecule has 4 nitrogen and oxygen atoms in total. The number of nitrogens with zero attached hydrogens (tertiary/aromatic N) is 2. The second kappa shape index (κ2) is 7.80. The zero-order valence-corrected chi connectivity index (χ0v) is 12.5. The van der Waals surface area contributed by atoms with Crippen LogP contribution in [0.5, 0.6) is 0 Å². The molecule has 1 amide bonds. The average molecular weight is 286 g/mol. The number of pyridine rings is 1. The first kappa shape index (κ1) is 15.5. The standard InChI is InChI=1S/C17H22N2O2/c1-2-6-16-8-3-4-9-19(16)17(21)15-11-14(7-5-10-20)12-18-13-15/h11-13,16,20H,2-4,6,8-10H2,1H3. The molecule has 1 N–H and O–H groups in total. The number of hydrogen-bond acceptors (Lipinski definition) is 3. The van der Waals surface area contributed by atoms with E-state index in [9.17, 15) is 4.79 Å². The maximum absolute atomic E-state index is 12.7. The number of likely N-dealkylation sites (tertiary alicyclic amines) is 1. The van der Waals surface area contributed by atoms with Gasteiger partial charge in [-0.15, -0.1) is 0 Å². The summed E-state index contributed by atoms with van der Waals surface area (Å²) in [6.07, 6.45) is 8.73. The van der Waals surface area contributed by atoms with E-state index in [4.69, 9.17) is 5.11 Å². The lowest BCUT2D eigenvalue weighted by molar-refractivity contribution is 0.0600. The van der Waals surface area contributed by atoms with Gasteiger partial charge in [0, 0.05) is 30.5 Å². The van der Waals surface area contributed by atoms with E-state index in [1.807, 2.05) is 4.90 Å². The van der Waals surface area contributed by atoms with E-state index in [1.54, 1.807) is 18.5 Å². The van der Waals surface area contributed by atoms with Crippen LogP contribution in [0.15, 0.2) is 18.5 Å². The van der Waals surface area contributed by atoms with Crippen molar-refractivity contribution < 1.29 is 9.90 Å². The minimum atomic E-state index is -0.192. The highest BCUT2D eigenvalue weighted by Crippen LogP contribution is 2.23. The van der Waals surface area contributed by atoms with Crippen molar-refractivity contribution in [1.29, 1.82) is 0 Å². The molecule has 0 bridgehead atoms. The number of aromatic nitrogens is 1. The second-order valence-corrected chi connectivity index (χ2v) is 5.36. The largest absolute Gasteiger partial charge is 0.384 e. The molecule has 1 fully saturated rings. The van der Waals surface area contributed by atoms with Gasteiger partial charge >= 0.3 is 0 Å². The molecule has 0 spiro atoms. The van der Waals surface area contributed by atoms with Crippen molar-refractivity contribution in [3.05, 3.63) is 29.6 Å². The van der Waals surface area contributed by atoms with Crippen LogP contribution >= 0.6 is 0 Å². The van der Waals surface area contributed by atoms with Crippen LogP contribution in [0.3, 0.4) is 0 Å². The summed E-state index contributed by atoms with van der Waals surface area (Å²) in [7, 11) is 0. The van der Waals surface area contributed by atoms with Crippen LogP contribution < -0.4 is 0 Å². The molecule has 0 saturated carbocycles. The quantitative estimate of drug-likeness (QED) is 0.867. The van der Waals surface area contributed by atoms with Gasteiger partial charge in [0.05, 0.1) is 5.56 Å². The van der Waals surface area contributed by atoms with Crippen molar-refractivity contribution in [2.75, 3.05) is 13.2 Å². The zero-order chi connectivity index (χ0) is 15.1. The second-order valence-electron chi connectivity index (χ2n) is 5.36. The summed E-state index contributed by atoms with van der Waals surface area (Å²) in [5.74, 6) is 5.42. The molecule has 2 heterocycles. The minimum Gasteiger partial charge on any atom is -0.384 e. The normalized spacial score (nSPS) is 18.0. The van der Waals surface area contributed by atoms with Crippen LogP contribution in [0.4, 0.5) is 0 Å². The Bertz CT molecular complexity index is 543. The summed E-state index contributed by atoms with van der Waals surface area (Å²) < 4.78 is 0. The molecular weight excluding hydrogens is 264 g/mol. The Morgan fingerprint density at radius 3 is 3.10 bits per heavy atom. The van der Waals surface area contributed by atoms with E-state index >= 15 is 0 Å². The Balaban J connectivity index is 2.17. The van der Waals surface area contributed by atoms with E-state index in [-0.39, 0.29) is 12.5 Å². The fourth-order valence-electron chi connectivity index (χ4n) is 2.83. The molecule has 0 radical (unpaired) electrons. The Kier molecular flexibility index (Phi) is 5.77. The van der Waals surface area contributed by atoms with Crippen LogP contribution in [-0.4, -0.2) is 40.1 Å². The Morgan fingerprint density at radius 2 is 2.33 bits per heavy atom. The SMILES string of the molecule is CCCC1CCCCN1C(=O)c1cncc(C#CCO)c1. The van der Waals surface area contributed by atoms with Crippen molar-refractivity contribution in [3.8, 4) is 11.8 Å². The number of amides is 1. The van der Waals surface area contributed by atoms with Gasteiger partial charge in [0.2, 0.25) is 0 Å². The summed E-state index contributed by atoms with van der Waals surface area (Å²) in [4.78, 5) is 18.8. The lowest BCUT2D eigenvalue weighted by Gasteiger charge is -2.35. The first-order chi connectivity index (χ1) is 10.3. The average Bonchev–Trinajstić information content (AvgIpc) is 2.53. The maximum atomic E-state index is 12.7. The predicted octanol–water partition coefficient (Wildman–Crippen LogP) is 2.22. The summed E-state index contributed by atoms with van der Waals surface area (Å²) in [5.41, 5.74) is 1.25. The summed E-state index contributed by atoms with van der Waals surface area (Å²) in [6, 6.07) is 2.11. The van der Waals surface area contributed by atoms with Gasteiger partial charge in [0.25, 0.3) is 5.91 Å². The van der Waals surface area contributed by atoms with Gasteiger partial charge in [0.1, 0.15) is 6.61 Å². The number of rotatable bonds is 3. The van der Waals surface area contributed by atoms with Crippen LogP contribution in [0.2, 0.25) is 0 Å². The molecule has 1 aliphatic heterocycles. The Labute approximate surface area is 126 Å². The molecule has 1 aliphatic rings. The summed E-state index contributed by atoms with van der Waals surface area (Å²) in [6.45, 7) is 2.79. The highest BCUT2D eigenvalue weighted by molar-refractivity contribution is 5.94. The number of aliphatic hydroxyl groups is 1. The van der Waals surface area contributed by atoms with Crippen molar-refractivity contribution >= 4 is 5.91 Å². The van der Waals surface area contributed by atoms with Gasteiger partial charge < -0.3 is 10.0 Å². The van der Waals surface area contributed by atoms with E-state index in [1.165, 1.54) is 6.42 Å². The molecule has 1 aromatic heterocycles. The molecule has 1 atom stereocenters. The molecule has 4 heteroatoms. The number of carbonyl (C=O) groups excluding carboxylic acids is 1. The number of carbonyl (C=O) groups is 1. The molecule has 112 valence electrons. The van der Waals surface area contributed by atoms with Crippen molar-refractivity contribution in [3.63, 3.8) is 0 Å². The highest BCUT2D eigenvalue weighted by Gasteiger charge is 2.26. The van der Waals surface area contributed by atoms with Gasteiger partial charge in [-0.1, -0.05) is 25.2 Å². The lowest BCUT2D eigenvalue weighted by Crippen LogP contribution is -2.43. The van der Waals surface area contributed by atoms with Crippen LogP contribution in [0, 0.1) is 11.8 Å². The minimum absolute atomic E-state index is 0.0494. The van der Waals surface area contributed by atoms with Crippen LogP contribution in [-0.2, 0) is 0 Å². The molecule has 1 saturated heterocycles. The monoisotopic (exact) mass is 286 g/mol. The van der Waals surface area contributed by atoms with E-state index < -0.39 is 0 Å². The molecule has 21 heavy (non-hydrogen) atoms. The topological polar surface area (TPSA) is 53.4 Å². The van der Waals surface area contributed by atoms with E-state index in [0.717, 1.165) is 32.2 Å². The third kappa shape index (κ3) is 4.05. The van der Waals surface area contributed by atoms with Crippen molar-refractivity contribution in [1.82, 2.24) is 9.88 Å². The van der Waals surface area contributed by atoms with Crippen LogP contribution in [0.25, 0.3) is 0 Å². The summed E-state index contributed by atoms with van der Waals surface area (Å²) in [5, 5.41) is 8.73. The molecule has 2 rings (SSSR count). The van der Waals surface area contributed by atoms with Gasteiger partial charge in [-0.3, -0.25) is 9.78 Å². The smallest absolute Gasteiger partial charge is 0.255 e. The van der Waals surface area contributed by atoms with Gasteiger partial charge in [-0.05, 0) is 31.7 Å². The highest BCUT2D eigenvalue weighted by atomic mass is 16.2. The van der Waals surface area contributed by atoms with E-state index in [0.29, 0.717) is 17.2 Å². The van der Waals surface area contributed by atoms with Crippen molar-refractivity contribution in [2.24, 2.45) is 0 Å². The first-order valence-corrected chi connectivity index (χ1v) is 7.62. The van der Waals surface area contributed by atoms with Gasteiger partial charge in [0.15, 0.2) is 0 Å². The van der Waals surface area contributed by atoms with E-state index in [2.05, 4.69) is 23.7 Å². The number of aliphatic hydroxyl groups excluding tert-OH is 1. The summed E-state index contributed by atoms with van der Waals surface area (Å²) >= 11 is 0. The fourth-order valence-corrected chi connectivity index (χ4v) is 2.83. The number of piperidine rings is 1. The molecule has 0 aliphatic carbocycles. The molecule has 0 aromatic carbocycles. The van der Waals surface area contributed by atoms with Crippen molar-refractivity contribution in [2.45, 2.75) is 45.1 Å². The Morgan fingerprint density at radius 1 is 1.48 bits per heavy atom. The third-order valence-electron chi connectivity index (χ3n) is 3.81.